The topological polar surface area (TPSA) is 86.8 Å². The molecular weight excluding hydrogens is 471 g/mol. The van der Waals surface area contributed by atoms with Gasteiger partial charge in [0.15, 0.2) is 0 Å². The Bertz CT molecular complexity index is 1140. The van der Waals surface area contributed by atoms with Crippen LogP contribution in [0.2, 0.25) is 0 Å². The van der Waals surface area contributed by atoms with Gasteiger partial charge in [0.2, 0.25) is 21.8 Å². The van der Waals surface area contributed by atoms with Gasteiger partial charge in [-0.1, -0.05) is 30.3 Å². The number of halogens is 3. The summed E-state index contributed by atoms with van der Waals surface area (Å²) in [6, 6.07) is 9.99. The summed E-state index contributed by atoms with van der Waals surface area (Å²) in [5.74, 6) is -1.17. The molecule has 0 saturated carbocycles. The van der Waals surface area contributed by atoms with E-state index >= 15 is 0 Å². The largest absolute Gasteiger partial charge is 0.416 e. The van der Waals surface area contributed by atoms with Crippen molar-refractivity contribution in [2.24, 2.45) is 0 Å². The molecule has 1 N–H and O–H groups in total. The molecule has 2 aromatic carbocycles. The van der Waals surface area contributed by atoms with Crippen LogP contribution in [0.4, 0.5) is 18.9 Å². The minimum absolute atomic E-state index is 0.0179. The molecule has 0 saturated heterocycles. The van der Waals surface area contributed by atoms with Crippen LogP contribution in [0.5, 0.6) is 0 Å². The predicted molar refractivity (Wildman–Crippen MR) is 124 cm³/mol. The van der Waals surface area contributed by atoms with Crippen molar-refractivity contribution in [3.05, 3.63) is 65.2 Å². The van der Waals surface area contributed by atoms with E-state index in [0.717, 1.165) is 29.5 Å². The molecule has 0 aliphatic carbocycles. The Balaban J connectivity index is 2.45. The quantitative estimate of drug-likeness (QED) is 0.574. The average Bonchev–Trinajstić information content (AvgIpc) is 2.75. The molecule has 0 unspecified atom stereocenters. The summed E-state index contributed by atoms with van der Waals surface area (Å²) in [5, 5.41) is 2.63. The first-order valence-corrected chi connectivity index (χ1v) is 12.4. The zero-order valence-corrected chi connectivity index (χ0v) is 20.2. The van der Waals surface area contributed by atoms with E-state index in [9.17, 15) is 31.2 Å². The SMILES string of the molecule is CCNC(=O)[C@H](C)N(Cc1ccccc1C)C(=O)CN(c1cccc(C(F)(F)F)c1)S(C)(=O)=O. The summed E-state index contributed by atoms with van der Waals surface area (Å²) in [6.07, 6.45) is -3.88. The van der Waals surface area contributed by atoms with Crippen molar-refractivity contribution in [1.29, 1.82) is 0 Å². The van der Waals surface area contributed by atoms with E-state index in [1.165, 1.54) is 17.9 Å². The van der Waals surface area contributed by atoms with Gasteiger partial charge in [0.25, 0.3) is 0 Å². The van der Waals surface area contributed by atoms with Crippen LogP contribution in [0, 0.1) is 6.92 Å². The van der Waals surface area contributed by atoms with Crippen molar-refractivity contribution < 1.29 is 31.2 Å². The monoisotopic (exact) mass is 499 g/mol. The fourth-order valence-electron chi connectivity index (χ4n) is 3.33. The molecule has 0 heterocycles. The number of sulfonamides is 1. The fourth-order valence-corrected chi connectivity index (χ4v) is 4.17. The number of nitrogens with one attached hydrogen (secondary N) is 1. The van der Waals surface area contributed by atoms with Crippen LogP contribution in [-0.2, 0) is 32.3 Å². The van der Waals surface area contributed by atoms with E-state index in [1.807, 2.05) is 19.1 Å². The Hall–Kier alpha value is -3.08. The molecule has 0 bridgehead atoms. The predicted octanol–water partition coefficient (Wildman–Crippen LogP) is 3.33. The lowest BCUT2D eigenvalue weighted by atomic mass is 10.1. The van der Waals surface area contributed by atoms with Crippen LogP contribution >= 0.6 is 0 Å². The van der Waals surface area contributed by atoms with Crippen molar-refractivity contribution >= 4 is 27.5 Å². The number of rotatable bonds is 9. The fraction of sp³-hybridized carbons (Fsp3) is 0.391. The molecule has 11 heteroatoms. The second-order valence-corrected chi connectivity index (χ2v) is 9.74. The summed E-state index contributed by atoms with van der Waals surface area (Å²) in [5.41, 5.74) is 0.268. The van der Waals surface area contributed by atoms with Gasteiger partial charge in [-0.25, -0.2) is 8.42 Å². The highest BCUT2D eigenvalue weighted by atomic mass is 32.2. The van der Waals surface area contributed by atoms with Crippen molar-refractivity contribution in [2.75, 3.05) is 23.7 Å². The van der Waals surface area contributed by atoms with Crippen LogP contribution in [0.25, 0.3) is 0 Å². The molecule has 0 fully saturated rings. The van der Waals surface area contributed by atoms with Crippen LogP contribution in [0.15, 0.2) is 48.5 Å². The zero-order valence-electron chi connectivity index (χ0n) is 19.4. The molecule has 34 heavy (non-hydrogen) atoms. The molecule has 2 rings (SSSR count). The number of carbonyl (C=O) groups excluding carboxylic acids is 2. The lowest BCUT2D eigenvalue weighted by Gasteiger charge is -2.32. The number of hydrogen-bond acceptors (Lipinski definition) is 4. The van der Waals surface area contributed by atoms with Crippen molar-refractivity contribution in [1.82, 2.24) is 10.2 Å². The number of aryl methyl sites for hydroxylation is 1. The Kier molecular flexibility index (Phi) is 8.71. The summed E-state index contributed by atoms with van der Waals surface area (Å²) in [6.45, 7) is 4.64. The Labute approximate surface area is 197 Å². The second kappa shape index (κ2) is 10.9. The van der Waals surface area contributed by atoms with Gasteiger partial charge >= 0.3 is 6.18 Å². The van der Waals surface area contributed by atoms with E-state index in [0.29, 0.717) is 16.9 Å². The maximum Gasteiger partial charge on any atom is 0.416 e. The van der Waals surface area contributed by atoms with Crippen LogP contribution in [-0.4, -0.2) is 50.5 Å². The van der Waals surface area contributed by atoms with Crippen LogP contribution in [0.3, 0.4) is 0 Å². The lowest BCUT2D eigenvalue weighted by molar-refractivity contribution is -0.139. The molecule has 0 aliphatic heterocycles. The Morgan fingerprint density at radius 2 is 1.74 bits per heavy atom. The number of nitrogens with zero attached hydrogens (tertiary/aromatic N) is 2. The highest BCUT2D eigenvalue weighted by Gasteiger charge is 2.33. The molecule has 0 aliphatic rings. The third kappa shape index (κ3) is 6.96. The minimum atomic E-state index is -4.69. The van der Waals surface area contributed by atoms with E-state index in [2.05, 4.69) is 5.32 Å². The molecule has 0 spiro atoms. The maximum absolute atomic E-state index is 13.3. The van der Waals surface area contributed by atoms with Gasteiger partial charge in [-0.3, -0.25) is 13.9 Å². The van der Waals surface area contributed by atoms with Crippen molar-refractivity contribution in [3.63, 3.8) is 0 Å². The number of hydrogen-bond donors (Lipinski definition) is 1. The van der Waals surface area contributed by atoms with E-state index < -0.39 is 46.2 Å². The molecule has 7 nitrogen and oxygen atoms in total. The maximum atomic E-state index is 13.3. The Morgan fingerprint density at radius 3 is 2.29 bits per heavy atom. The molecule has 186 valence electrons. The van der Waals surface area contributed by atoms with Gasteiger partial charge in [0, 0.05) is 13.1 Å². The van der Waals surface area contributed by atoms with Gasteiger partial charge < -0.3 is 10.2 Å². The number of amides is 2. The van der Waals surface area contributed by atoms with Crippen LogP contribution < -0.4 is 9.62 Å². The number of carbonyl (C=O) groups is 2. The van der Waals surface area contributed by atoms with E-state index in [-0.39, 0.29) is 12.2 Å². The standard InChI is InChI=1S/C23H28F3N3O4S/c1-5-27-22(31)17(3)28(14-18-10-7-6-9-16(18)2)21(30)15-29(34(4,32)33)20-12-8-11-19(13-20)23(24,25)26/h6-13,17H,5,14-15H2,1-4H3,(H,27,31)/t17-/m0/s1. The number of alkyl halides is 3. The number of anilines is 1. The first-order valence-electron chi connectivity index (χ1n) is 10.5. The second-order valence-electron chi connectivity index (χ2n) is 7.84. The average molecular weight is 500 g/mol. The first kappa shape index (κ1) is 27.2. The first-order chi connectivity index (χ1) is 15.8. The van der Waals surface area contributed by atoms with Gasteiger partial charge in [0.1, 0.15) is 12.6 Å². The van der Waals surface area contributed by atoms with Crippen molar-refractivity contribution in [3.8, 4) is 0 Å². The molecule has 0 aromatic heterocycles. The third-order valence-electron chi connectivity index (χ3n) is 5.26. The molecular formula is C23H28F3N3O4S. The zero-order chi connectivity index (χ0) is 25.7. The van der Waals surface area contributed by atoms with Crippen molar-refractivity contribution in [2.45, 2.75) is 39.5 Å². The Morgan fingerprint density at radius 1 is 1.09 bits per heavy atom. The summed E-state index contributed by atoms with van der Waals surface area (Å²) in [4.78, 5) is 27.1. The molecule has 2 aromatic rings. The smallest absolute Gasteiger partial charge is 0.355 e. The highest BCUT2D eigenvalue weighted by molar-refractivity contribution is 7.92. The summed E-state index contributed by atoms with van der Waals surface area (Å²) < 4.78 is 65.1. The van der Waals surface area contributed by atoms with E-state index in [1.54, 1.807) is 19.1 Å². The van der Waals surface area contributed by atoms with E-state index in [4.69, 9.17) is 0 Å². The number of benzene rings is 2. The summed E-state index contributed by atoms with van der Waals surface area (Å²) >= 11 is 0. The third-order valence-corrected chi connectivity index (χ3v) is 6.40. The number of likely N-dealkylation sites (N-methyl/N-ethyl adjacent to an activating group) is 1. The molecule has 2 amide bonds. The molecule has 1 atom stereocenters. The lowest BCUT2D eigenvalue weighted by Crippen LogP contribution is -2.51. The minimum Gasteiger partial charge on any atom is -0.355 e. The van der Waals surface area contributed by atoms with Gasteiger partial charge in [-0.05, 0) is 50.1 Å². The molecule has 0 radical (unpaired) electrons. The van der Waals surface area contributed by atoms with Gasteiger partial charge in [-0.15, -0.1) is 0 Å². The van der Waals surface area contributed by atoms with Crippen LogP contribution in [0.1, 0.15) is 30.5 Å². The normalized spacial score (nSPS) is 12.7. The highest BCUT2D eigenvalue weighted by Crippen LogP contribution is 2.32. The van der Waals surface area contributed by atoms with Gasteiger partial charge in [0.05, 0.1) is 17.5 Å². The van der Waals surface area contributed by atoms with Gasteiger partial charge in [-0.2, -0.15) is 13.2 Å². The summed E-state index contributed by atoms with van der Waals surface area (Å²) in [7, 11) is -4.13.